The minimum Gasteiger partial charge on any atom is -0.368 e. The van der Waals surface area contributed by atoms with Crippen LogP contribution in [0, 0.1) is 5.92 Å². The van der Waals surface area contributed by atoms with Crippen LogP contribution in [0.5, 0.6) is 0 Å². The van der Waals surface area contributed by atoms with Crippen LogP contribution < -0.4 is 17.0 Å². The lowest BCUT2D eigenvalue weighted by molar-refractivity contribution is -0.118. The molecule has 9 nitrogen and oxygen atoms in total. The maximum absolute atomic E-state index is 12.7. The number of aryl methyl sites for hydroxylation is 1. The van der Waals surface area contributed by atoms with Crippen LogP contribution in [-0.2, 0) is 38.4 Å². The summed E-state index contributed by atoms with van der Waals surface area (Å²) in [4.78, 5) is 43.6. The maximum atomic E-state index is 12.7. The highest BCUT2D eigenvalue weighted by atomic mass is 16.2. The smallest absolute Gasteiger partial charge is 0.332 e. The van der Waals surface area contributed by atoms with E-state index in [1.54, 1.807) is 11.6 Å². The number of likely N-dealkylation sites (tertiary alicyclic amines) is 1. The monoisotopic (exact) mass is 424 g/mol. The molecule has 0 radical (unpaired) electrons. The highest BCUT2D eigenvalue weighted by Gasteiger charge is 2.24. The van der Waals surface area contributed by atoms with E-state index in [0.29, 0.717) is 18.3 Å². The molecule has 4 rings (SSSR count). The molecule has 164 valence electrons. The highest BCUT2D eigenvalue weighted by molar-refractivity contribution is 5.78. The summed E-state index contributed by atoms with van der Waals surface area (Å²) in [5, 5.41) is 0. The Balaban J connectivity index is 1.57. The number of amides is 1. The summed E-state index contributed by atoms with van der Waals surface area (Å²) < 4.78 is 3.93. The van der Waals surface area contributed by atoms with Crippen LogP contribution >= 0.6 is 0 Å². The number of nitrogens with two attached hydrogens (primary N) is 1. The van der Waals surface area contributed by atoms with Crippen LogP contribution in [0.1, 0.15) is 24.2 Å². The van der Waals surface area contributed by atoms with Gasteiger partial charge in [-0.1, -0.05) is 30.3 Å². The highest BCUT2D eigenvalue weighted by Crippen LogP contribution is 2.23. The minimum atomic E-state index is -0.557. The zero-order valence-electron chi connectivity index (χ0n) is 18.0. The number of hydrogen-bond donors (Lipinski definition) is 1. The summed E-state index contributed by atoms with van der Waals surface area (Å²) in [7, 11) is 2.99. The molecule has 1 aliphatic heterocycles. The quantitative estimate of drug-likeness (QED) is 0.615. The van der Waals surface area contributed by atoms with E-state index in [-0.39, 0.29) is 17.7 Å². The number of aromatic nitrogens is 4. The predicted octanol–water partition coefficient (Wildman–Crippen LogP) is 0.374. The zero-order valence-corrected chi connectivity index (χ0v) is 18.0. The van der Waals surface area contributed by atoms with Crippen molar-refractivity contribution in [3.63, 3.8) is 0 Å². The molecule has 0 atom stereocenters. The van der Waals surface area contributed by atoms with Gasteiger partial charge in [0.2, 0.25) is 5.91 Å². The second kappa shape index (κ2) is 8.50. The molecule has 1 amide bonds. The molecule has 0 spiro atoms. The second-order valence-corrected chi connectivity index (χ2v) is 8.37. The number of imidazole rings is 1. The van der Waals surface area contributed by atoms with Gasteiger partial charge in [0.25, 0.3) is 5.56 Å². The van der Waals surface area contributed by atoms with Gasteiger partial charge in [-0.2, -0.15) is 0 Å². The molecule has 9 heteroatoms. The Hall–Kier alpha value is -3.20. The number of hydrogen-bond acceptors (Lipinski definition) is 5. The Morgan fingerprint density at radius 2 is 1.77 bits per heavy atom. The van der Waals surface area contributed by atoms with Gasteiger partial charge in [0.1, 0.15) is 12.4 Å². The van der Waals surface area contributed by atoms with E-state index in [1.165, 1.54) is 17.2 Å². The van der Waals surface area contributed by atoms with Crippen molar-refractivity contribution >= 4 is 17.1 Å². The molecule has 0 saturated carbocycles. The fourth-order valence-electron chi connectivity index (χ4n) is 4.43. The normalized spacial score (nSPS) is 15.5. The van der Waals surface area contributed by atoms with Crippen LogP contribution in [-0.4, -0.2) is 42.6 Å². The summed E-state index contributed by atoms with van der Waals surface area (Å²) in [6, 6.07) is 10.5. The molecule has 31 heavy (non-hydrogen) atoms. The van der Waals surface area contributed by atoms with E-state index in [2.05, 4.69) is 34.1 Å². The van der Waals surface area contributed by atoms with Crippen molar-refractivity contribution in [2.24, 2.45) is 25.7 Å². The first kappa shape index (κ1) is 21.0. The van der Waals surface area contributed by atoms with E-state index >= 15 is 0 Å². The number of carbonyl (C=O) groups is 1. The number of carbonyl (C=O) groups excluding carboxylic acids is 1. The SMILES string of the molecule is Cn1c(=O)c2c(nc(CN3CCC(Cc4ccccc4)CC3)n2CC(N)=O)n(C)c1=O. The van der Waals surface area contributed by atoms with Gasteiger partial charge in [-0.15, -0.1) is 0 Å². The third kappa shape index (κ3) is 4.18. The van der Waals surface area contributed by atoms with Gasteiger partial charge in [-0.3, -0.25) is 23.6 Å². The van der Waals surface area contributed by atoms with Gasteiger partial charge in [-0.05, 0) is 43.8 Å². The topological polar surface area (TPSA) is 108 Å². The lowest BCUT2D eigenvalue weighted by atomic mass is 9.90. The third-order valence-electron chi connectivity index (χ3n) is 6.18. The summed E-state index contributed by atoms with van der Waals surface area (Å²) >= 11 is 0. The van der Waals surface area contributed by atoms with Crippen LogP contribution in [0.25, 0.3) is 11.2 Å². The molecule has 0 unspecified atom stereocenters. The van der Waals surface area contributed by atoms with Crippen molar-refractivity contribution < 1.29 is 4.79 Å². The predicted molar refractivity (Wildman–Crippen MR) is 118 cm³/mol. The van der Waals surface area contributed by atoms with Crippen molar-refractivity contribution in [1.82, 2.24) is 23.6 Å². The van der Waals surface area contributed by atoms with Crippen molar-refractivity contribution in [3.05, 3.63) is 62.6 Å². The molecule has 1 saturated heterocycles. The van der Waals surface area contributed by atoms with Crippen molar-refractivity contribution in [2.45, 2.75) is 32.4 Å². The van der Waals surface area contributed by atoms with Gasteiger partial charge in [0.15, 0.2) is 11.2 Å². The Kier molecular flexibility index (Phi) is 5.77. The summed E-state index contributed by atoms with van der Waals surface area (Å²) in [6.45, 7) is 2.17. The fourth-order valence-corrected chi connectivity index (χ4v) is 4.43. The molecule has 3 heterocycles. The largest absolute Gasteiger partial charge is 0.368 e. The zero-order chi connectivity index (χ0) is 22.1. The number of piperidine rings is 1. The van der Waals surface area contributed by atoms with E-state index < -0.39 is 17.2 Å². The van der Waals surface area contributed by atoms with E-state index in [9.17, 15) is 14.4 Å². The minimum absolute atomic E-state index is 0.149. The first-order valence-corrected chi connectivity index (χ1v) is 10.5. The van der Waals surface area contributed by atoms with Crippen molar-refractivity contribution in [1.29, 1.82) is 0 Å². The first-order chi connectivity index (χ1) is 14.8. The number of benzene rings is 1. The van der Waals surface area contributed by atoms with Crippen LogP contribution in [0.15, 0.2) is 39.9 Å². The van der Waals surface area contributed by atoms with Gasteiger partial charge >= 0.3 is 5.69 Å². The Morgan fingerprint density at radius 3 is 2.42 bits per heavy atom. The van der Waals surface area contributed by atoms with Gasteiger partial charge in [0.05, 0.1) is 6.54 Å². The molecule has 2 aromatic heterocycles. The molecule has 1 aliphatic rings. The molecule has 0 bridgehead atoms. The maximum Gasteiger partial charge on any atom is 0.332 e. The molecule has 2 N–H and O–H groups in total. The molecular formula is C22H28N6O3. The molecule has 3 aromatic rings. The standard InChI is InChI=1S/C22H28N6O3/c1-25-20-19(21(30)26(2)22(25)31)28(13-17(23)29)18(24-20)14-27-10-8-16(9-11-27)12-15-6-4-3-5-7-15/h3-7,16H,8-14H2,1-2H3,(H2,23,29). The molecule has 0 aliphatic carbocycles. The fraction of sp³-hybridized carbons (Fsp3) is 0.455. The van der Waals surface area contributed by atoms with Gasteiger partial charge < -0.3 is 10.3 Å². The van der Waals surface area contributed by atoms with E-state index in [4.69, 9.17) is 5.73 Å². The summed E-state index contributed by atoms with van der Waals surface area (Å²) in [5.41, 5.74) is 6.40. The number of rotatable bonds is 6. The lowest BCUT2D eigenvalue weighted by Gasteiger charge is -2.31. The molecule has 1 aromatic carbocycles. The van der Waals surface area contributed by atoms with Crippen molar-refractivity contribution in [2.75, 3.05) is 13.1 Å². The third-order valence-corrected chi connectivity index (χ3v) is 6.18. The number of nitrogens with zero attached hydrogens (tertiary/aromatic N) is 5. The van der Waals surface area contributed by atoms with Crippen molar-refractivity contribution in [3.8, 4) is 0 Å². The summed E-state index contributed by atoms with van der Waals surface area (Å²) in [5.74, 6) is 0.655. The summed E-state index contributed by atoms with van der Waals surface area (Å²) in [6.07, 6.45) is 3.23. The average molecular weight is 425 g/mol. The second-order valence-electron chi connectivity index (χ2n) is 8.37. The average Bonchev–Trinajstić information content (AvgIpc) is 3.10. The lowest BCUT2D eigenvalue weighted by Crippen LogP contribution is -2.38. The van der Waals surface area contributed by atoms with Crippen LogP contribution in [0.3, 0.4) is 0 Å². The number of primary amides is 1. The van der Waals surface area contributed by atoms with E-state index in [1.807, 2.05) is 6.07 Å². The van der Waals surface area contributed by atoms with E-state index in [0.717, 1.165) is 36.9 Å². The van der Waals surface area contributed by atoms with Gasteiger partial charge in [0, 0.05) is 14.1 Å². The van der Waals surface area contributed by atoms with Crippen LogP contribution in [0.2, 0.25) is 0 Å². The Labute approximate surface area is 179 Å². The van der Waals surface area contributed by atoms with Gasteiger partial charge in [-0.25, -0.2) is 9.78 Å². The Bertz CT molecular complexity index is 1220. The molecule has 1 fully saturated rings. The van der Waals surface area contributed by atoms with Crippen LogP contribution in [0.4, 0.5) is 0 Å². The molecular weight excluding hydrogens is 396 g/mol. The number of fused-ring (bicyclic) bond motifs is 1. The Morgan fingerprint density at radius 1 is 1.10 bits per heavy atom. The first-order valence-electron chi connectivity index (χ1n) is 10.5.